The molecule has 3 aromatic heterocycles. The molecule has 2 atom stereocenters. The Bertz CT molecular complexity index is 2130. The van der Waals surface area contributed by atoms with E-state index in [1.54, 1.807) is 26.3 Å². The first-order valence-electron chi connectivity index (χ1n) is 19.1. The number of ether oxygens (including phenoxy) is 2. The minimum Gasteiger partial charge on any atom is -0.481 e. The number of likely N-dealkylation sites (tertiary alicyclic amines) is 1. The molecule has 2 aliphatic heterocycles. The second-order valence-corrected chi connectivity index (χ2v) is 15.0. The minimum absolute atomic E-state index is 0.0336. The summed E-state index contributed by atoms with van der Waals surface area (Å²) in [5.74, 6) is 0.299. The second-order valence-electron chi connectivity index (χ2n) is 14.6. The number of aromatic nitrogens is 3. The van der Waals surface area contributed by atoms with Gasteiger partial charge < -0.3 is 35.6 Å². The third-order valence-electron chi connectivity index (χ3n) is 11.0. The summed E-state index contributed by atoms with van der Waals surface area (Å²) >= 11 is 7.10. The van der Waals surface area contributed by atoms with E-state index in [2.05, 4.69) is 31.2 Å². The molecule has 4 N–H and O–H groups in total. The number of benzene rings is 1. The van der Waals surface area contributed by atoms with Gasteiger partial charge in [-0.25, -0.2) is 4.98 Å². The third-order valence-corrected chi connectivity index (χ3v) is 11.4. The standard InChI is InChI=1S/C41H46ClF3N8O4/c1-23(54)53-17-14-26(15-18-53)48-21-24-7-10-34(51-39(24)56-2)31-13-16-47-37(36(31)42)30-6-4-5-29-28(30)9-11-33(29)50-38-32(41(43,44)45)19-25(40(52-38)57-3)20-46-22-27-8-12-35(55)49-27/h4-7,10,13,16,19,26-27,33,46,48H,8-9,11-12,14-15,17-18,20-22H2,1-3H3,(H,49,55)(H,50,52)/t27-,33-/m1/s1. The van der Waals surface area contributed by atoms with E-state index in [0.29, 0.717) is 66.6 Å². The Morgan fingerprint density at radius 3 is 2.44 bits per heavy atom. The summed E-state index contributed by atoms with van der Waals surface area (Å²) in [6.45, 7) is 4.12. The molecule has 5 heterocycles. The first kappa shape index (κ1) is 40.2. The van der Waals surface area contributed by atoms with Crippen LogP contribution < -0.4 is 30.7 Å². The van der Waals surface area contributed by atoms with Crippen LogP contribution in [0.15, 0.2) is 48.7 Å². The fourth-order valence-electron chi connectivity index (χ4n) is 7.98. The van der Waals surface area contributed by atoms with Gasteiger partial charge in [0.05, 0.1) is 42.2 Å². The van der Waals surface area contributed by atoms with E-state index in [1.165, 1.54) is 7.11 Å². The Hall–Kier alpha value is -4.99. The van der Waals surface area contributed by atoms with Crippen molar-refractivity contribution in [3.05, 3.63) is 81.5 Å². The highest BCUT2D eigenvalue weighted by molar-refractivity contribution is 6.35. The van der Waals surface area contributed by atoms with Crippen LogP contribution in [0.5, 0.6) is 11.8 Å². The van der Waals surface area contributed by atoms with Crippen LogP contribution in [0.25, 0.3) is 22.5 Å². The zero-order chi connectivity index (χ0) is 40.3. The molecule has 0 unspecified atom stereocenters. The molecule has 16 heteroatoms. The topological polar surface area (TPSA) is 143 Å². The Balaban J connectivity index is 1.09. The van der Waals surface area contributed by atoms with Crippen LogP contribution >= 0.6 is 11.6 Å². The Morgan fingerprint density at radius 1 is 0.965 bits per heavy atom. The summed E-state index contributed by atoms with van der Waals surface area (Å²) in [5.41, 5.74) is 4.62. The molecule has 2 fully saturated rings. The van der Waals surface area contributed by atoms with Gasteiger partial charge in [-0.15, -0.1) is 0 Å². The molecule has 0 saturated carbocycles. The molecule has 302 valence electrons. The van der Waals surface area contributed by atoms with Crippen LogP contribution in [0.3, 0.4) is 0 Å². The van der Waals surface area contributed by atoms with E-state index < -0.39 is 17.8 Å². The number of pyridine rings is 3. The summed E-state index contributed by atoms with van der Waals surface area (Å²) < 4.78 is 54.7. The van der Waals surface area contributed by atoms with Crippen molar-refractivity contribution in [1.82, 2.24) is 35.8 Å². The molecule has 1 aromatic carbocycles. The van der Waals surface area contributed by atoms with Gasteiger partial charge in [0.2, 0.25) is 23.6 Å². The predicted octanol–water partition coefficient (Wildman–Crippen LogP) is 6.46. The summed E-state index contributed by atoms with van der Waals surface area (Å²) in [6, 6.07) is 12.1. The van der Waals surface area contributed by atoms with Gasteiger partial charge in [0, 0.05) is 86.6 Å². The maximum Gasteiger partial charge on any atom is 0.419 e. The number of anilines is 1. The van der Waals surface area contributed by atoms with Crippen LogP contribution in [-0.4, -0.2) is 77.6 Å². The highest BCUT2D eigenvalue weighted by Crippen LogP contribution is 2.44. The lowest BCUT2D eigenvalue weighted by Gasteiger charge is -2.31. The lowest BCUT2D eigenvalue weighted by molar-refractivity contribution is -0.137. The quantitative estimate of drug-likeness (QED) is 0.119. The van der Waals surface area contributed by atoms with Gasteiger partial charge in [-0.2, -0.15) is 18.2 Å². The van der Waals surface area contributed by atoms with Crippen molar-refractivity contribution in [1.29, 1.82) is 0 Å². The van der Waals surface area contributed by atoms with Crippen LogP contribution in [0.1, 0.15) is 72.9 Å². The zero-order valence-corrected chi connectivity index (χ0v) is 32.8. The molecule has 4 aromatic rings. The molecule has 3 aliphatic rings. The molecular weight excluding hydrogens is 761 g/mol. The Kier molecular flexibility index (Phi) is 12.2. The number of fused-ring (bicyclic) bond motifs is 1. The van der Waals surface area contributed by atoms with E-state index in [4.69, 9.17) is 26.1 Å². The number of hydrogen-bond donors (Lipinski definition) is 4. The highest BCUT2D eigenvalue weighted by atomic mass is 35.5. The van der Waals surface area contributed by atoms with Gasteiger partial charge >= 0.3 is 6.18 Å². The van der Waals surface area contributed by atoms with Crippen molar-refractivity contribution < 1.29 is 32.2 Å². The van der Waals surface area contributed by atoms with E-state index in [1.807, 2.05) is 35.2 Å². The lowest BCUT2D eigenvalue weighted by Crippen LogP contribution is -2.44. The minimum atomic E-state index is -4.68. The fraction of sp³-hybridized carbons (Fsp3) is 0.439. The Morgan fingerprint density at radius 2 is 1.74 bits per heavy atom. The highest BCUT2D eigenvalue weighted by Gasteiger charge is 2.37. The SMILES string of the molecule is COc1nc(-c2ccnc(-c3cccc4c3CC[C@H]4Nc3nc(OC)c(CNC[C@H]4CCC(=O)N4)cc3C(F)(F)F)c2Cl)ccc1CNC1CCN(C(C)=O)CC1. The number of carbonyl (C=O) groups is 2. The number of nitrogens with zero attached hydrogens (tertiary/aromatic N) is 4. The summed E-state index contributed by atoms with van der Waals surface area (Å²) in [4.78, 5) is 38.9. The molecule has 0 bridgehead atoms. The van der Waals surface area contributed by atoms with Crippen molar-refractivity contribution in [2.24, 2.45) is 0 Å². The molecule has 2 amide bonds. The van der Waals surface area contributed by atoms with E-state index in [-0.39, 0.29) is 47.7 Å². The number of rotatable bonds is 13. The number of amides is 2. The van der Waals surface area contributed by atoms with Crippen molar-refractivity contribution in [3.8, 4) is 34.3 Å². The normalized spacial score (nSPS) is 18.4. The second kappa shape index (κ2) is 17.2. The predicted molar refractivity (Wildman–Crippen MR) is 210 cm³/mol. The smallest absolute Gasteiger partial charge is 0.419 e. The largest absolute Gasteiger partial charge is 0.481 e. The first-order valence-corrected chi connectivity index (χ1v) is 19.5. The summed E-state index contributed by atoms with van der Waals surface area (Å²) in [5, 5.41) is 13.0. The molecular formula is C41H46ClF3N8O4. The van der Waals surface area contributed by atoms with Gasteiger partial charge in [-0.1, -0.05) is 35.9 Å². The number of piperidine rings is 1. The van der Waals surface area contributed by atoms with Gasteiger partial charge in [-0.05, 0) is 61.4 Å². The maximum atomic E-state index is 14.5. The molecule has 12 nitrogen and oxygen atoms in total. The van der Waals surface area contributed by atoms with Crippen LogP contribution in [0.2, 0.25) is 5.02 Å². The lowest BCUT2D eigenvalue weighted by atomic mass is 9.98. The van der Waals surface area contributed by atoms with E-state index in [0.717, 1.165) is 54.3 Å². The van der Waals surface area contributed by atoms with Crippen LogP contribution in [0, 0.1) is 0 Å². The number of methoxy groups -OCH3 is 2. The molecule has 1 aliphatic carbocycles. The van der Waals surface area contributed by atoms with Crippen LogP contribution in [-0.2, 0) is 35.3 Å². The van der Waals surface area contributed by atoms with Gasteiger partial charge in [0.15, 0.2) is 0 Å². The van der Waals surface area contributed by atoms with E-state index >= 15 is 0 Å². The van der Waals surface area contributed by atoms with Gasteiger partial charge in [-0.3, -0.25) is 14.6 Å². The number of halogens is 4. The average molecular weight is 807 g/mol. The number of hydrogen-bond acceptors (Lipinski definition) is 10. The van der Waals surface area contributed by atoms with Crippen molar-refractivity contribution >= 4 is 29.2 Å². The number of nitrogens with one attached hydrogen (secondary N) is 4. The maximum absolute atomic E-state index is 14.5. The number of carbonyl (C=O) groups excluding carboxylic acids is 2. The molecule has 7 rings (SSSR count). The Labute approximate surface area is 334 Å². The summed E-state index contributed by atoms with van der Waals surface area (Å²) in [7, 11) is 2.96. The van der Waals surface area contributed by atoms with Crippen molar-refractivity contribution in [2.45, 2.75) is 82.8 Å². The zero-order valence-electron chi connectivity index (χ0n) is 32.1. The molecule has 0 radical (unpaired) electrons. The van der Waals surface area contributed by atoms with Crippen LogP contribution in [0.4, 0.5) is 19.0 Å². The van der Waals surface area contributed by atoms with Crippen molar-refractivity contribution in [2.75, 3.05) is 39.2 Å². The monoisotopic (exact) mass is 806 g/mol. The van der Waals surface area contributed by atoms with Gasteiger partial charge in [0.1, 0.15) is 5.82 Å². The molecule has 57 heavy (non-hydrogen) atoms. The van der Waals surface area contributed by atoms with E-state index in [9.17, 15) is 22.8 Å². The number of alkyl halides is 3. The van der Waals surface area contributed by atoms with Crippen molar-refractivity contribution in [3.63, 3.8) is 0 Å². The third kappa shape index (κ3) is 8.95. The average Bonchev–Trinajstić information content (AvgIpc) is 3.82. The first-order chi connectivity index (χ1) is 27.4. The fourth-order valence-corrected chi connectivity index (χ4v) is 8.29. The molecule has 2 saturated heterocycles. The van der Waals surface area contributed by atoms with Gasteiger partial charge in [0.25, 0.3) is 0 Å². The summed E-state index contributed by atoms with van der Waals surface area (Å²) in [6.07, 6.45) is 0.931. The molecule has 0 spiro atoms.